The third-order valence-corrected chi connectivity index (χ3v) is 6.08. The first kappa shape index (κ1) is 18.2. The molecular weight excluding hydrogens is 376 g/mol. The van der Waals surface area contributed by atoms with Crippen molar-refractivity contribution in [1.82, 2.24) is 9.55 Å². The second-order valence-corrected chi connectivity index (χ2v) is 9.19. The maximum atomic E-state index is 12.8. The van der Waals surface area contributed by atoms with Crippen molar-refractivity contribution in [3.8, 4) is 10.4 Å². The molecule has 5 nitrogen and oxygen atoms in total. The van der Waals surface area contributed by atoms with E-state index in [1.54, 1.807) is 18.4 Å². The molecule has 0 atom stereocenters. The van der Waals surface area contributed by atoms with Crippen molar-refractivity contribution in [3.63, 3.8) is 0 Å². The Morgan fingerprint density at radius 1 is 1.36 bits per heavy atom. The standard InChI is InChI=1S/C17H18N2O3S3/c1-17(2,3)22-12(20)9-25-16-18-14-13(15(21)19(16)4)10(8-24-14)11-6-5-7-23-11/h5-8H,9H2,1-4H3. The first-order chi connectivity index (χ1) is 11.8. The molecule has 3 rings (SSSR count). The zero-order chi connectivity index (χ0) is 18.2. The number of hydrogen-bond donors (Lipinski definition) is 0. The summed E-state index contributed by atoms with van der Waals surface area (Å²) in [6.07, 6.45) is 0. The van der Waals surface area contributed by atoms with E-state index >= 15 is 0 Å². The van der Waals surface area contributed by atoms with E-state index in [0.717, 1.165) is 10.4 Å². The zero-order valence-electron chi connectivity index (χ0n) is 14.4. The van der Waals surface area contributed by atoms with Gasteiger partial charge in [-0.3, -0.25) is 14.2 Å². The van der Waals surface area contributed by atoms with Crippen molar-refractivity contribution in [2.75, 3.05) is 5.75 Å². The molecule has 25 heavy (non-hydrogen) atoms. The Balaban J connectivity index is 1.90. The predicted octanol–water partition coefficient (Wildman–Crippen LogP) is 4.16. The largest absolute Gasteiger partial charge is 0.459 e. The zero-order valence-corrected chi connectivity index (χ0v) is 16.8. The molecule has 3 heterocycles. The second-order valence-electron chi connectivity index (χ2n) is 6.44. The number of ether oxygens (including phenoxy) is 1. The van der Waals surface area contributed by atoms with Gasteiger partial charge < -0.3 is 4.74 Å². The van der Waals surface area contributed by atoms with Crippen LogP contribution in [0.4, 0.5) is 0 Å². The lowest BCUT2D eigenvalue weighted by Crippen LogP contribution is -2.25. The topological polar surface area (TPSA) is 61.2 Å². The number of fused-ring (bicyclic) bond motifs is 1. The molecule has 3 aromatic rings. The fourth-order valence-electron chi connectivity index (χ4n) is 2.29. The fourth-order valence-corrected chi connectivity index (χ4v) is 4.84. The van der Waals surface area contributed by atoms with E-state index in [1.165, 1.54) is 27.7 Å². The van der Waals surface area contributed by atoms with Crippen LogP contribution in [0.1, 0.15) is 20.8 Å². The number of aromatic nitrogens is 2. The quantitative estimate of drug-likeness (QED) is 0.378. The molecule has 0 aliphatic rings. The molecule has 132 valence electrons. The van der Waals surface area contributed by atoms with Crippen LogP contribution < -0.4 is 5.56 Å². The van der Waals surface area contributed by atoms with Crippen molar-refractivity contribution in [3.05, 3.63) is 33.2 Å². The number of thiophene rings is 2. The van der Waals surface area contributed by atoms with Crippen LogP contribution >= 0.6 is 34.4 Å². The summed E-state index contributed by atoms with van der Waals surface area (Å²) in [5.74, 6) is -0.205. The molecule has 0 unspecified atom stereocenters. The summed E-state index contributed by atoms with van der Waals surface area (Å²) in [5.41, 5.74) is 0.303. The molecule has 0 aliphatic carbocycles. The molecule has 0 N–H and O–H groups in total. The highest BCUT2D eigenvalue weighted by atomic mass is 32.2. The number of nitrogens with zero attached hydrogens (tertiary/aromatic N) is 2. The number of thioether (sulfide) groups is 1. The monoisotopic (exact) mass is 394 g/mol. The fraction of sp³-hybridized carbons (Fsp3) is 0.353. The van der Waals surface area contributed by atoms with Crippen LogP contribution in [0, 0.1) is 0 Å². The van der Waals surface area contributed by atoms with E-state index in [4.69, 9.17) is 4.74 Å². The van der Waals surface area contributed by atoms with E-state index in [1.807, 2.05) is 43.7 Å². The summed E-state index contributed by atoms with van der Waals surface area (Å²) in [6, 6.07) is 3.96. The molecule has 0 bridgehead atoms. The predicted molar refractivity (Wildman–Crippen MR) is 105 cm³/mol. The van der Waals surface area contributed by atoms with Gasteiger partial charge in [-0.25, -0.2) is 4.98 Å². The van der Waals surface area contributed by atoms with Crippen molar-refractivity contribution in [2.45, 2.75) is 31.5 Å². The van der Waals surface area contributed by atoms with Gasteiger partial charge in [-0.1, -0.05) is 17.8 Å². The Kier molecular flexibility index (Phi) is 5.04. The van der Waals surface area contributed by atoms with Crippen LogP contribution in [-0.4, -0.2) is 26.9 Å². The molecule has 0 spiro atoms. The van der Waals surface area contributed by atoms with E-state index < -0.39 is 5.60 Å². The third-order valence-electron chi connectivity index (χ3n) is 3.30. The van der Waals surface area contributed by atoms with Crippen LogP contribution in [0.25, 0.3) is 20.7 Å². The molecular formula is C17H18N2O3S3. The summed E-state index contributed by atoms with van der Waals surface area (Å²) in [4.78, 5) is 31.0. The van der Waals surface area contributed by atoms with Gasteiger partial charge in [0.25, 0.3) is 5.56 Å². The summed E-state index contributed by atoms with van der Waals surface area (Å²) in [6.45, 7) is 5.48. The highest BCUT2D eigenvalue weighted by Gasteiger charge is 2.19. The minimum atomic E-state index is -0.524. The lowest BCUT2D eigenvalue weighted by Gasteiger charge is -2.19. The van der Waals surface area contributed by atoms with Crippen molar-refractivity contribution < 1.29 is 9.53 Å². The van der Waals surface area contributed by atoms with Crippen LogP contribution in [0.2, 0.25) is 0 Å². The van der Waals surface area contributed by atoms with E-state index in [-0.39, 0.29) is 17.3 Å². The lowest BCUT2D eigenvalue weighted by molar-refractivity contribution is -0.151. The second kappa shape index (κ2) is 6.93. The lowest BCUT2D eigenvalue weighted by atomic mass is 10.2. The highest BCUT2D eigenvalue weighted by Crippen LogP contribution is 2.34. The van der Waals surface area contributed by atoms with Gasteiger partial charge in [0.2, 0.25) is 0 Å². The van der Waals surface area contributed by atoms with Gasteiger partial charge >= 0.3 is 5.97 Å². The molecule has 3 aromatic heterocycles. The third kappa shape index (κ3) is 3.96. The molecule has 0 aromatic carbocycles. The van der Waals surface area contributed by atoms with Gasteiger partial charge in [-0.15, -0.1) is 22.7 Å². The number of carbonyl (C=O) groups is 1. The minimum Gasteiger partial charge on any atom is -0.459 e. The van der Waals surface area contributed by atoms with E-state index in [9.17, 15) is 9.59 Å². The Morgan fingerprint density at radius 2 is 2.12 bits per heavy atom. The van der Waals surface area contributed by atoms with Crippen LogP contribution in [-0.2, 0) is 16.6 Å². The average Bonchev–Trinajstić information content (AvgIpc) is 3.16. The molecule has 0 radical (unpaired) electrons. The van der Waals surface area contributed by atoms with Crippen molar-refractivity contribution in [1.29, 1.82) is 0 Å². The smallest absolute Gasteiger partial charge is 0.316 e. The molecule has 0 aliphatic heterocycles. The van der Waals surface area contributed by atoms with E-state index in [0.29, 0.717) is 15.4 Å². The SMILES string of the molecule is Cn1c(SCC(=O)OC(C)(C)C)nc2scc(-c3cccs3)c2c1=O. The maximum absolute atomic E-state index is 12.8. The Morgan fingerprint density at radius 3 is 2.76 bits per heavy atom. The highest BCUT2D eigenvalue weighted by molar-refractivity contribution is 7.99. The summed E-state index contributed by atoms with van der Waals surface area (Å²) < 4.78 is 6.80. The molecule has 8 heteroatoms. The van der Waals surface area contributed by atoms with Crippen molar-refractivity contribution in [2.24, 2.45) is 7.05 Å². The Hall–Kier alpha value is -1.64. The van der Waals surface area contributed by atoms with Gasteiger partial charge in [0.15, 0.2) is 5.16 Å². The van der Waals surface area contributed by atoms with Gasteiger partial charge in [-0.05, 0) is 32.2 Å². The van der Waals surface area contributed by atoms with Gasteiger partial charge in [0.1, 0.15) is 10.4 Å². The summed E-state index contributed by atoms with van der Waals surface area (Å²) in [7, 11) is 1.68. The van der Waals surface area contributed by atoms with Crippen molar-refractivity contribution >= 4 is 50.6 Å². The van der Waals surface area contributed by atoms with Gasteiger partial charge in [0.05, 0.1) is 11.1 Å². The molecule has 0 amide bonds. The Bertz CT molecular complexity index is 966. The van der Waals surface area contributed by atoms with Crippen LogP contribution in [0.5, 0.6) is 0 Å². The summed E-state index contributed by atoms with van der Waals surface area (Å²) in [5, 5.41) is 5.11. The normalized spacial score (nSPS) is 11.8. The number of esters is 1. The number of carbonyl (C=O) groups excluding carboxylic acids is 1. The minimum absolute atomic E-state index is 0.0960. The Labute approximate surface area is 157 Å². The number of rotatable bonds is 4. The first-order valence-electron chi connectivity index (χ1n) is 7.63. The molecule has 0 saturated heterocycles. The van der Waals surface area contributed by atoms with Crippen LogP contribution in [0.15, 0.2) is 32.8 Å². The molecule has 0 fully saturated rings. The first-order valence-corrected chi connectivity index (χ1v) is 10.4. The van der Waals surface area contributed by atoms with E-state index in [2.05, 4.69) is 4.98 Å². The summed E-state index contributed by atoms with van der Waals surface area (Å²) >= 11 is 4.26. The average molecular weight is 395 g/mol. The maximum Gasteiger partial charge on any atom is 0.316 e. The van der Waals surface area contributed by atoms with Gasteiger partial charge in [0, 0.05) is 22.9 Å². The number of hydrogen-bond acceptors (Lipinski definition) is 7. The van der Waals surface area contributed by atoms with Crippen LogP contribution in [0.3, 0.4) is 0 Å². The van der Waals surface area contributed by atoms with Gasteiger partial charge in [-0.2, -0.15) is 0 Å². The molecule has 0 saturated carbocycles.